The van der Waals surface area contributed by atoms with Crippen LogP contribution < -0.4 is 9.47 Å². The predicted molar refractivity (Wildman–Crippen MR) is 164 cm³/mol. The molecule has 2 atom stereocenters. The van der Waals surface area contributed by atoms with Crippen LogP contribution in [0.25, 0.3) is 0 Å². The Morgan fingerprint density at radius 1 is 0.867 bits per heavy atom. The lowest BCUT2D eigenvalue weighted by atomic mass is 9.99. The molecule has 45 heavy (non-hydrogen) atoms. The quantitative estimate of drug-likeness (QED) is 0.225. The van der Waals surface area contributed by atoms with Gasteiger partial charge in [-0.1, -0.05) is 42.5 Å². The van der Waals surface area contributed by atoms with Crippen LogP contribution in [0.3, 0.4) is 0 Å². The van der Waals surface area contributed by atoms with Crippen LogP contribution in [-0.4, -0.2) is 75.1 Å². The van der Waals surface area contributed by atoms with Crippen molar-refractivity contribution in [3.63, 3.8) is 0 Å². The highest BCUT2D eigenvalue weighted by Crippen LogP contribution is 2.31. The van der Waals surface area contributed by atoms with Crippen LogP contribution in [-0.2, 0) is 30.7 Å². The number of aromatic hydroxyl groups is 2. The van der Waals surface area contributed by atoms with Crippen LogP contribution in [0.1, 0.15) is 28.7 Å². The summed E-state index contributed by atoms with van der Waals surface area (Å²) in [7, 11) is 2.87. The topological polar surface area (TPSA) is 136 Å². The molecule has 4 aromatic rings. The van der Waals surface area contributed by atoms with Crippen LogP contribution in [0.15, 0.2) is 89.7 Å². The van der Waals surface area contributed by atoms with Gasteiger partial charge in [0.25, 0.3) is 0 Å². The fourth-order valence-corrected chi connectivity index (χ4v) is 5.50. The molecule has 236 valence electrons. The Morgan fingerprint density at radius 3 is 2.11 bits per heavy atom. The summed E-state index contributed by atoms with van der Waals surface area (Å²) in [5.41, 5.74) is 3.02. The number of amides is 3. The number of phenols is 2. The van der Waals surface area contributed by atoms with E-state index in [1.165, 1.54) is 42.6 Å². The van der Waals surface area contributed by atoms with Crippen molar-refractivity contribution in [3.05, 3.63) is 108 Å². The number of ether oxygens (including phenoxy) is 2. The molecular formula is C34H37N3O8. The fraction of sp³-hybridized carbons (Fsp3) is 0.294. The van der Waals surface area contributed by atoms with Gasteiger partial charge in [0.1, 0.15) is 0 Å². The molecule has 0 aliphatic carbocycles. The van der Waals surface area contributed by atoms with E-state index in [1.807, 2.05) is 30.3 Å². The van der Waals surface area contributed by atoms with Crippen molar-refractivity contribution in [3.8, 4) is 23.0 Å². The number of β-amino-alcohol motifs (C(OH)–C–C–N with tert-alkyl or cyclic N) is 1. The van der Waals surface area contributed by atoms with Crippen LogP contribution in [0, 0.1) is 0 Å². The van der Waals surface area contributed by atoms with Gasteiger partial charge in [0, 0.05) is 13.0 Å². The van der Waals surface area contributed by atoms with E-state index in [4.69, 9.17) is 13.9 Å². The number of nitrogens with zero attached hydrogens (tertiary/aromatic N) is 3. The number of methoxy groups -OCH3 is 2. The molecule has 0 unspecified atom stereocenters. The van der Waals surface area contributed by atoms with Crippen LogP contribution in [0.4, 0.5) is 4.79 Å². The molecule has 0 radical (unpaired) electrons. The molecule has 5 rings (SSSR count). The number of benzene rings is 3. The number of hydrogen-bond donors (Lipinski definition) is 3. The molecule has 1 aliphatic heterocycles. The summed E-state index contributed by atoms with van der Waals surface area (Å²) in [6.45, 7) is -0.0956. The predicted octanol–water partition coefficient (Wildman–Crippen LogP) is 4.49. The highest BCUT2D eigenvalue weighted by atomic mass is 16.5. The van der Waals surface area contributed by atoms with Gasteiger partial charge < -0.3 is 34.1 Å². The third kappa shape index (κ3) is 7.32. The molecule has 0 spiro atoms. The number of furan rings is 1. The van der Waals surface area contributed by atoms with Crippen molar-refractivity contribution in [2.45, 2.75) is 44.5 Å². The SMILES string of the molecule is COc1cc(CN2C(=O)N(Cc3ccc(O)c(OC)c3)N(C(=O)CCc3ccoc3)C[C@@H](O)[C@H]2Cc2ccccc2)ccc1O. The summed E-state index contributed by atoms with van der Waals surface area (Å²) < 4.78 is 15.7. The minimum absolute atomic E-state index is 0.0346. The monoisotopic (exact) mass is 615 g/mol. The molecule has 3 aromatic carbocycles. The molecule has 3 amide bonds. The lowest BCUT2D eigenvalue weighted by Crippen LogP contribution is -2.52. The highest BCUT2D eigenvalue weighted by molar-refractivity contribution is 5.82. The zero-order valence-electron chi connectivity index (χ0n) is 25.2. The Kier molecular flexibility index (Phi) is 9.79. The first-order valence-corrected chi connectivity index (χ1v) is 14.6. The van der Waals surface area contributed by atoms with E-state index < -0.39 is 18.2 Å². The number of urea groups is 1. The largest absolute Gasteiger partial charge is 0.504 e. The Morgan fingerprint density at radius 2 is 1.51 bits per heavy atom. The number of aliphatic hydroxyl groups excluding tert-OH is 1. The third-order valence-electron chi connectivity index (χ3n) is 7.92. The fourth-order valence-electron chi connectivity index (χ4n) is 5.50. The molecule has 11 nitrogen and oxygen atoms in total. The van der Waals surface area contributed by atoms with Crippen molar-refractivity contribution in [2.24, 2.45) is 0 Å². The number of hydrogen-bond acceptors (Lipinski definition) is 8. The average Bonchev–Trinajstić information content (AvgIpc) is 3.56. The molecule has 1 saturated heterocycles. The van der Waals surface area contributed by atoms with Crippen LogP contribution in [0.5, 0.6) is 23.0 Å². The van der Waals surface area contributed by atoms with Crippen LogP contribution >= 0.6 is 0 Å². The van der Waals surface area contributed by atoms with Gasteiger partial charge in [-0.05, 0) is 65.4 Å². The number of aliphatic hydroxyl groups is 1. The third-order valence-corrected chi connectivity index (χ3v) is 7.92. The molecule has 0 saturated carbocycles. The number of aryl methyl sites for hydroxylation is 1. The Hall–Kier alpha value is -5.16. The second-order valence-corrected chi connectivity index (χ2v) is 10.9. The van der Waals surface area contributed by atoms with Crippen molar-refractivity contribution in [2.75, 3.05) is 20.8 Å². The average molecular weight is 616 g/mol. The van der Waals surface area contributed by atoms with Gasteiger partial charge >= 0.3 is 6.03 Å². The number of carbonyl (C=O) groups excluding carboxylic acids is 2. The molecular weight excluding hydrogens is 578 g/mol. The Labute approximate surface area is 261 Å². The van der Waals surface area contributed by atoms with E-state index >= 15 is 0 Å². The summed E-state index contributed by atoms with van der Waals surface area (Å²) in [6.07, 6.45) is 2.80. The van der Waals surface area contributed by atoms with E-state index in [-0.39, 0.29) is 55.0 Å². The molecule has 2 heterocycles. The van der Waals surface area contributed by atoms with E-state index in [0.29, 0.717) is 24.0 Å². The van der Waals surface area contributed by atoms with E-state index in [9.17, 15) is 24.9 Å². The summed E-state index contributed by atoms with van der Waals surface area (Å²) in [5.74, 6) is 0.0296. The number of phenolic OH excluding ortho intramolecular Hbond substituents is 2. The zero-order chi connectivity index (χ0) is 31.9. The van der Waals surface area contributed by atoms with Gasteiger partial charge in [-0.15, -0.1) is 0 Å². The second-order valence-electron chi connectivity index (χ2n) is 10.9. The molecule has 1 aliphatic rings. The highest BCUT2D eigenvalue weighted by Gasteiger charge is 2.42. The standard InChI is InChI=1S/C34H37N3O8/c1-43-31-17-25(8-11-28(31)38)19-35-27(16-23-6-4-3-5-7-23)30(40)21-36(33(41)13-10-24-14-15-45-22-24)37(34(35)42)20-26-9-12-29(39)32(18-26)44-2/h3-9,11-12,14-15,17-18,22,27,30,38-40H,10,13,16,19-21H2,1-2H3/t27-,30-/m1/s1. The Bertz CT molecular complexity index is 1590. The normalized spacial score (nSPS) is 16.9. The van der Waals surface area contributed by atoms with Crippen LogP contribution in [0.2, 0.25) is 0 Å². The first-order valence-electron chi connectivity index (χ1n) is 14.6. The maximum Gasteiger partial charge on any atom is 0.339 e. The van der Waals surface area contributed by atoms with Gasteiger partial charge in [-0.25, -0.2) is 14.8 Å². The zero-order valence-corrected chi connectivity index (χ0v) is 25.2. The van der Waals surface area contributed by atoms with E-state index in [0.717, 1.165) is 11.1 Å². The van der Waals surface area contributed by atoms with Crippen molar-refractivity contribution in [1.82, 2.24) is 14.9 Å². The van der Waals surface area contributed by atoms with Gasteiger partial charge in [-0.2, -0.15) is 0 Å². The molecule has 1 fully saturated rings. The first kappa shape index (κ1) is 31.3. The summed E-state index contributed by atoms with van der Waals surface area (Å²) in [6, 6.07) is 19.7. The second kappa shape index (κ2) is 14.1. The maximum absolute atomic E-state index is 14.7. The van der Waals surface area contributed by atoms with Crippen molar-refractivity contribution >= 4 is 11.9 Å². The minimum Gasteiger partial charge on any atom is -0.504 e. The summed E-state index contributed by atoms with van der Waals surface area (Å²) in [5, 5.41) is 34.8. The summed E-state index contributed by atoms with van der Waals surface area (Å²) >= 11 is 0. The molecule has 1 aromatic heterocycles. The molecule has 3 N–H and O–H groups in total. The number of carbonyl (C=O) groups is 2. The lowest BCUT2D eigenvalue weighted by molar-refractivity contribution is -0.147. The lowest BCUT2D eigenvalue weighted by Gasteiger charge is -2.36. The number of rotatable bonds is 11. The van der Waals surface area contributed by atoms with E-state index in [1.54, 1.807) is 41.5 Å². The van der Waals surface area contributed by atoms with Gasteiger partial charge in [0.2, 0.25) is 5.91 Å². The van der Waals surface area contributed by atoms with E-state index in [2.05, 4.69) is 0 Å². The molecule has 11 heteroatoms. The van der Waals surface area contributed by atoms with Crippen molar-refractivity contribution < 1.29 is 38.8 Å². The molecule has 0 bridgehead atoms. The van der Waals surface area contributed by atoms with Gasteiger partial charge in [-0.3, -0.25) is 4.79 Å². The minimum atomic E-state index is -1.11. The first-order chi connectivity index (χ1) is 21.8. The number of hydrazine groups is 1. The van der Waals surface area contributed by atoms with Gasteiger partial charge in [0.15, 0.2) is 23.0 Å². The smallest absolute Gasteiger partial charge is 0.339 e. The summed E-state index contributed by atoms with van der Waals surface area (Å²) in [4.78, 5) is 30.1. The van der Waals surface area contributed by atoms with Gasteiger partial charge in [0.05, 0.1) is 52.0 Å². The van der Waals surface area contributed by atoms with Crippen molar-refractivity contribution in [1.29, 1.82) is 0 Å². The maximum atomic E-state index is 14.7. The Balaban J connectivity index is 1.55.